The summed E-state index contributed by atoms with van der Waals surface area (Å²) in [7, 11) is 0. The Balaban J connectivity index is 1.49. The molecule has 10 nitrogen and oxygen atoms in total. The molecule has 1 aromatic carbocycles. The number of esters is 1. The Kier molecular flexibility index (Phi) is 10.9. The van der Waals surface area contributed by atoms with E-state index in [0.717, 1.165) is 18.7 Å². The molecule has 4 fully saturated rings. The number of carbonyl (C=O) groups is 3. The molecule has 0 aliphatic carbocycles. The first-order valence-corrected chi connectivity index (χ1v) is 16.5. The Morgan fingerprint density at radius 1 is 1.20 bits per heavy atom. The van der Waals surface area contributed by atoms with Crippen LogP contribution in [0, 0.1) is 11.8 Å². The second-order valence-electron chi connectivity index (χ2n) is 12.1. The predicted molar refractivity (Wildman–Crippen MR) is 168 cm³/mol. The number of alkyl halides is 1. The number of morpholine rings is 1. The number of benzene rings is 1. The van der Waals surface area contributed by atoms with Gasteiger partial charge >= 0.3 is 5.97 Å². The van der Waals surface area contributed by atoms with E-state index < -0.39 is 41.6 Å². The Hall–Kier alpha value is -2.57. The van der Waals surface area contributed by atoms with Crippen molar-refractivity contribution in [3.05, 3.63) is 61.2 Å². The topological polar surface area (TPSA) is 109 Å². The van der Waals surface area contributed by atoms with Crippen molar-refractivity contribution >= 4 is 33.7 Å². The lowest BCUT2D eigenvalue weighted by Crippen LogP contribution is -2.60. The summed E-state index contributed by atoms with van der Waals surface area (Å²) >= 11 is 3.72. The standard InChI is InChI=1S/C33H44BrN3O7/c1-3-5-9-17-43-32(41)26-27-30(39)37(24(22-38)20-23-10-7-6-8-11-23)29(33(27)21-25(34)28(26)44-33)31(40)36(12-4-2)14-13-35-15-18-42-19-16-35/h3-4,6-8,10-11,24-29,38H,1-2,5,9,12-22H2/t24-,25?,26+,27+,28+,29?,33?/m1/s1. The van der Waals surface area contributed by atoms with Crippen LogP contribution in [-0.4, -0.2) is 125 Å². The number of hydrogen-bond donors (Lipinski definition) is 1. The molecule has 1 aromatic rings. The average Bonchev–Trinajstić information content (AvgIpc) is 3.64. The molecule has 2 bridgehead atoms. The van der Waals surface area contributed by atoms with Gasteiger partial charge in [0.05, 0.1) is 50.4 Å². The molecule has 1 spiro atoms. The number of allylic oxidation sites excluding steroid dienone is 1. The Morgan fingerprint density at radius 2 is 1.95 bits per heavy atom. The van der Waals surface area contributed by atoms with Gasteiger partial charge in [0.1, 0.15) is 11.6 Å². The molecule has 0 aromatic heterocycles. The maximum atomic E-state index is 14.7. The molecule has 4 aliphatic heterocycles. The molecule has 4 heterocycles. The zero-order chi connectivity index (χ0) is 31.3. The van der Waals surface area contributed by atoms with Crippen LogP contribution in [0.2, 0.25) is 0 Å². The molecular weight excluding hydrogens is 630 g/mol. The van der Waals surface area contributed by atoms with Gasteiger partial charge in [-0.05, 0) is 31.2 Å². The Bertz CT molecular complexity index is 1200. The van der Waals surface area contributed by atoms with E-state index in [9.17, 15) is 19.5 Å². The second kappa shape index (κ2) is 14.7. The fraction of sp³-hybridized carbons (Fsp3) is 0.606. The number of nitrogens with zero attached hydrogens (tertiary/aromatic N) is 3. The molecule has 44 heavy (non-hydrogen) atoms. The number of aliphatic hydroxyl groups is 1. The van der Waals surface area contributed by atoms with Crippen molar-refractivity contribution in [3.8, 4) is 0 Å². The van der Waals surface area contributed by atoms with E-state index in [-0.39, 0.29) is 29.9 Å². The van der Waals surface area contributed by atoms with Gasteiger partial charge in [-0.15, -0.1) is 13.2 Å². The normalized spacial score (nSPS) is 30.2. The van der Waals surface area contributed by atoms with E-state index >= 15 is 0 Å². The highest BCUT2D eigenvalue weighted by atomic mass is 79.9. The summed E-state index contributed by atoms with van der Waals surface area (Å²) in [6.07, 6.45) is 4.92. The van der Waals surface area contributed by atoms with Gasteiger partial charge in [0.15, 0.2) is 0 Å². The molecule has 240 valence electrons. The van der Waals surface area contributed by atoms with E-state index in [1.165, 1.54) is 4.90 Å². The van der Waals surface area contributed by atoms with E-state index in [2.05, 4.69) is 34.0 Å². The van der Waals surface area contributed by atoms with Crippen LogP contribution in [0.25, 0.3) is 0 Å². The molecule has 2 amide bonds. The number of aliphatic hydroxyl groups excluding tert-OH is 1. The fourth-order valence-electron chi connectivity index (χ4n) is 7.35. The number of amides is 2. The lowest BCUT2D eigenvalue weighted by molar-refractivity contribution is -0.156. The Labute approximate surface area is 268 Å². The van der Waals surface area contributed by atoms with E-state index in [0.29, 0.717) is 58.5 Å². The number of unbranched alkanes of at least 4 members (excludes halogenated alkanes) is 1. The highest BCUT2D eigenvalue weighted by Gasteiger charge is 2.77. The van der Waals surface area contributed by atoms with Gasteiger partial charge < -0.3 is 29.1 Å². The maximum absolute atomic E-state index is 14.7. The number of halogens is 1. The molecular formula is C33H44BrN3O7. The monoisotopic (exact) mass is 673 g/mol. The number of ether oxygens (including phenoxy) is 3. The molecule has 4 aliphatic rings. The maximum Gasteiger partial charge on any atom is 0.312 e. The molecule has 5 rings (SSSR count). The van der Waals surface area contributed by atoms with Gasteiger partial charge in [-0.1, -0.05) is 58.4 Å². The third-order valence-corrected chi connectivity index (χ3v) is 10.2. The third kappa shape index (κ3) is 6.39. The summed E-state index contributed by atoms with van der Waals surface area (Å²) in [5.74, 6) is -2.85. The number of hydrogen-bond acceptors (Lipinski definition) is 8. The lowest BCUT2D eigenvalue weighted by Gasteiger charge is -2.40. The number of likely N-dealkylation sites (tertiary alicyclic amines) is 1. The summed E-state index contributed by atoms with van der Waals surface area (Å²) in [4.78, 5) is 48.1. The van der Waals surface area contributed by atoms with Crippen LogP contribution in [0.4, 0.5) is 0 Å². The van der Waals surface area contributed by atoms with Crippen molar-refractivity contribution in [3.63, 3.8) is 0 Å². The van der Waals surface area contributed by atoms with E-state index in [1.54, 1.807) is 17.1 Å². The number of fused-ring (bicyclic) bond motifs is 1. The van der Waals surface area contributed by atoms with Crippen LogP contribution in [-0.2, 0) is 35.0 Å². The van der Waals surface area contributed by atoms with Crippen LogP contribution in [0.15, 0.2) is 55.6 Å². The lowest BCUT2D eigenvalue weighted by atomic mass is 9.70. The highest BCUT2D eigenvalue weighted by Crippen LogP contribution is 2.60. The molecule has 4 saturated heterocycles. The SMILES string of the molecule is C=CCCCOC(=O)[C@H]1[C@H]2C(=O)N([C@@H](CO)Cc3ccccc3)C(C(=O)N(CC=C)CCN3CCOCC3)C23CC(Br)[C@@H]1O3. The summed E-state index contributed by atoms with van der Waals surface area (Å²) in [5, 5.41) is 10.7. The van der Waals surface area contributed by atoms with Gasteiger partial charge in [-0.3, -0.25) is 19.3 Å². The minimum atomic E-state index is -1.24. The third-order valence-electron chi connectivity index (χ3n) is 9.40. The molecule has 3 unspecified atom stereocenters. The van der Waals surface area contributed by atoms with Crippen LogP contribution < -0.4 is 0 Å². The van der Waals surface area contributed by atoms with Gasteiger partial charge in [0.2, 0.25) is 11.8 Å². The minimum Gasteiger partial charge on any atom is -0.465 e. The zero-order valence-electron chi connectivity index (χ0n) is 25.2. The molecule has 11 heteroatoms. The summed E-state index contributed by atoms with van der Waals surface area (Å²) in [6, 6.07) is 7.88. The molecule has 0 radical (unpaired) electrons. The summed E-state index contributed by atoms with van der Waals surface area (Å²) in [5.41, 5.74) is -0.308. The van der Waals surface area contributed by atoms with Crippen molar-refractivity contribution in [1.29, 1.82) is 0 Å². The van der Waals surface area contributed by atoms with E-state index in [4.69, 9.17) is 14.2 Å². The quantitative estimate of drug-likeness (QED) is 0.131. The van der Waals surface area contributed by atoms with Gasteiger partial charge in [-0.2, -0.15) is 0 Å². The minimum absolute atomic E-state index is 0.211. The van der Waals surface area contributed by atoms with E-state index in [1.807, 2.05) is 30.3 Å². The smallest absolute Gasteiger partial charge is 0.312 e. The van der Waals surface area contributed by atoms with Crippen LogP contribution in [0.3, 0.4) is 0 Å². The first kappa shape index (κ1) is 32.8. The zero-order valence-corrected chi connectivity index (χ0v) is 26.8. The predicted octanol–water partition coefficient (Wildman–Crippen LogP) is 2.19. The first-order valence-electron chi connectivity index (χ1n) is 15.6. The first-order chi connectivity index (χ1) is 21.4. The Morgan fingerprint density at radius 3 is 2.64 bits per heavy atom. The average molecular weight is 675 g/mol. The van der Waals surface area contributed by atoms with Crippen molar-refractivity contribution in [2.75, 3.05) is 59.2 Å². The van der Waals surface area contributed by atoms with Crippen LogP contribution >= 0.6 is 15.9 Å². The molecule has 0 saturated carbocycles. The second-order valence-corrected chi connectivity index (χ2v) is 13.2. The van der Waals surface area contributed by atoms with Crippen molar-refractivity contribution in [1.82, 2.24) is 14.7 Å². The molecule has 1 N–H and O–H groups in total. The number of carbonyl (C=O) groups excluding carboxylic acids is 3. The van der Waals surface area contributed by atoms with Crippen molar-refractivity contribution in [2.45, 2.75) is 54.3 Å². The van der Waals surface area contributed by atoms with Gasteiger partial charge in [0.25, 0.3) is 0 Å². The molecule has 7 atom stereocenters. The van der Waals surface area contributed by atoms with Crippen LogP contribution in [0.5, 0.6) is 0 Å². The van der Waals surface area contributed by atoms with Gasteiger partial charge in [0, 0.05) is 37.6 Å². The van der Waals surface area contributed by atoms with Crippen molar-refractivity contribution in [2.24, 2.45) is 11.8 Å². The highest BCUT2D eigenvalue weighted by molar-refractivity contribution is 9.09. The number of rotatable bonds is 15. The van der Waals surface area contributed by atoms with Gasteiger partial charge in [-0.25, -0.2) is 0 Å². The summed E-state index contributed by atoms with van der Waals surface area (Å²) < 4.78 is 17.8. The largest absolute Gasteiger partial charge is 0.465 e. The van der Waals surface area contributed by atoms with Crippen LogP contribution in [0.1, 0.15) is 24.8 Å². The summed E-state index contributed by atoms with van der Waals surface area (Å²) in [6.45, 7) is 11.7. The fourth-order valence-corrected chi connectivity index (χ4v) is 8.29. The van der Waals surface area contributed by atoms with Crippen molar-refractivity contribution < 1.29 is 33.7 Å².